The lowest BCUT2D eigenvalue weighted by Crippen LogP contribution is -2.55. The maximum atomic E-state index is 13.1. The number of piperidine rings is 2. The van der Waals surface area contributed by atoms with Crippen LogP contribution in [-0.4, -0.2) is 60.0 Å². The number of carbonyl (C=O) groups excluding carboxylic acids is 2. The Morgan fingerprint density at radius 3 is 2.56 bits per heavy atom. The molecule has 6 nitrogen and oxygen atoms in total. The Balaban J connectivity index is 1.56. The van der Waals surface area contributed by atoms with Crippen molar-refractivity contribution in [3.05, 3.63) is 0 Å². The topological polar surface area (TPSA) is 78.7 Å². The summed E-state index contributed by atoms with van der Waals surface area (Å²) in [6.45, 7) is 4.90. The van der Waals surface area contributed by atoms with E-state index in [0.717, 1.165) is 51.6 Å². The second-order valence-electron chi connectivity index (χ2n) is 8.27. The fourth-order valence-corrected chi connectivity index (χ4v) is 4.70. The lowest BCUT2D eigenvalue weighted by atomic mass is 9.89. The van der Waals surface area contributed by atoms with E-state index in [1.54, 1.807) is 0 Å². The van der Waals surface area contributed by atoms with E-state index in [2.05, 4.69) is 12.2 Å². The Bertz CT molecular complexity index is 478. The average molecular weight is 351 g/mol. The average Bonchev–Trinajstić information content (AvgIpc) is 3.14. The second-order valence-corrected chi connectivity index (χ2v) is 8.27. The first kappa shape index (κ1) is 18.5. The zero-order valence-corrected chi connectivity index (χ0v) is 15.6. The van der Waals surface area contributed by atoms with E-state index in [-0.39, 0.29) is 23.9 Å². The molecule has 142 valence electrons. The molecule has 3 aliphatic rings. The second kappa shape index (κ2) is 8.39. The van der Waals surface area contributed by atoms with Crippen LogP contribution in [0.4, 0.5) is 4.79 Å². The molecule has 0 aromatic carbocycles. The smallest absolute Gasteiger partial charge is 0.317 e. The minimum absolute atomic E-state index is 0.0204. The Morgan fingerprint density at radius 1 is 1.08 bits per heavy atom. The monoisotopic (exact) mass is 350 g/mol. The van der Waals surface area contributed by atoms with E-state index < -0.39 is 0 Å². The number of carbonyl (C=O) groups is 2. The third-order valence-electron chi connectivity index (χ3n) is 6.27. The molecular weight excluding hydrogens is 316 g/mol. The van der Waals surface area contributed by atoms with Gasteiger partial charge in [0, 0.05) is 38.3 Å². The first-order valence-corrected chi connectivity index (χ1v) is 10.1. The molecule has 2 heterocycles. The third-order valence-corrected chi connectivity index (χ3v) is 6.27. The molecule has 0 aromatic heterocycles. The fraction of sp³-hybridized carbons (Fsp3) is 0.895. The first-order chi connectivity index (χ1) is 12.1. The minimum atomic E-state index is -0.0643. The molecule has 3 amide bonds. The number of amides is 3. The standard InChI is InChI=1S/C19H34N4O2/c1-14-8-10-23(17(11-14)12-20)18(24)15-5-4-9-22(13-15)19(25)21-16-6-2-3-7-16/h14-17H,2-13,20H2,1H3,(H,21,25). The Morgan fingerprint density at radius 2 is 1.84 bits per heavy atom. The van der Waals surface area contributed by atoms with Crippen molar-refractivity contribution in [1.82, 2.24) is 15.1 Å². The van der Waals surface area contributed by atoms with Gasteiger partial charge in [-0.1, -0.05) is 19.8 Å². The minimum Gasteiger partial charge on any atom is -0.338 e. The van der Waals surface area contributed by atoms with Gasteiger partial charge in [0.1, 0.15) is 0 Å². The van der Waals surface area contributed by atoms with Crippen molar-refractivity contribution in [2.75, 3.05) is 26.2 Å². The van der Waals surface area contributed by atoms with Gasteiger partial charge in [-0.2, -0.15) is 0 Å². The SMILES string of the molecule is CC1CCN(C(=O)C2CCCN(C(=O)NC3CCCC3)C2)C(CN)C1. The largest absolute Gasteiger partial charge is 0.338 e. The van der Waals surface area contributed by atoms with Crippen molar-refractivity contribution in [3.8, 4) is 0 Å². The van der Waals surface area contributed by atoms with Gasteiger partial charge in [0.05, 0.1) is 5.92 Å². The molecule has 3 rings (SSSR count). The summed E-state index contributed by atoms with van der Waals surface area (Å²) in [5.74, 6) is 0.781. The van der Waals surface area contributed by atoms with Gasteiger partial charge in [-0.15, -0.1) is 0 Å². The quantitative estimate of drug-likeness (QED) is 0.816. The van der Waals surface area contributed by atoms with Crippen LogP contribution in [0.25, 0.3) is 0 Å². The number of nitrogens with one attached hydrogen (secondary N) is 1. The summed E-state index contributed by atoms with van der Waals surface area (Å²) in [5.41, 5.74) is 5.92. The van der Waals surface area contributed by atoms with E-state index in [1.807, 2.05) is 9.80 Å². The van der Waals surface area contributed by atoms with E-state index in [4.69, 9.17) is 5.73 Å². The summed E-state index contributed by atoms with van der Waals surface area (Å²) < 4.78 is 0. The Kier molecular flexibility index (Phi) is 6.20. The van der Waals surface area contributed by atoms with Crippen LogP contribution in [0.2, 0.25) is 0 Å². The summed E-state index contributed by atoms with van der Waals surface area (Å²) in [6, 6.07) is 0.514. The van der Waals surface area contributed by atoms with Crippen molar-refractivity contribution >= 4 is 11.9 Å². The molecular formula is C19H34N4O2. The van der Waals surface area contributed by atoms with Crippen molar-refractivity contribution in [3.63, 3.8) is 0 Å². The number of hydrogen-bond acceptors (Lipinski definition) is 3. The lowest BCUT2D eigenvalue weighted by molar-refractivity contribution is -0.141. The number of urea groups is 1. The number of nitrogens with zero attached hydrogens (tertiary/aromatic N) is 2. The van der Waals surface area contributed by atoms with Crippen molar-refractivity contribution in [1.29, 1.82) is 0 Å². The van der Waals surface area contributed by atoms with Crippen LogP contribution in [0.1, 0.15) is 58.3 Å². The molecule has 6 heteroatoms. The molecule has 1 saturated carbocycles. The molecule has 0 bridgehead atoms. The van der Waals surface area contributed by atoms with E-state index in [1.165, 1.54) is 12.8 Å². The third kappa shape index (κ3) is 4.46. The molecule has 0 aromatic rings. The molecule has 3 atom stereocenters. The summed E-state index contributed by atoms with van der Waals surface area (Å²) in [7, 11) is 0. The van der Waals surface area contributed by atoms with E-state index in [9.17, 15) is 9.59 Å². The molecule has 2 aliphatic heterocycles. The van der Waals surface area contributed by atoms with Crippen LogP contribution in [0.5, 0.6) is 0 Å². The first-order valence-electron chi connectivity index (χ1n) is 10.1. The zero-order chi connectivity index (χ0) is 17.8. The normalized spacial score (nSPS) is 31.2. The van der Waals surface area contributed by atoms with Crippen molar-refractivity contribution in [2.45, 2.75) is 70.4 Å². The van der Waals surface area contributed by atoms with Crippen molar-refractivity contribution < 1.29 is 9.59 Å². The molecule has 2 saturated heterocycles. The molecule has 0 spiro atoms. The maximum absolute atomic E-state index is 13.1. The van der Waals surface area contributed by atoms with Gasteiger partial charge in [0.15, 0.2) is 0 Å². The van der Waals surface area contributed by atoms with Crippen LogP contribution >= 0.6 is 0 Å². The van der Waals surface area contributed by atoms with Crippen molar-refractivity contribution in [2.24, 2.45) is 17.6 Å². The number of hydrogen-bond donors (Lipinski definition) is 2. The molecule has 3 fully saturated rings. The van der Waals surface area contributed by atoms with E-state index >= 15 is 0 Å². The summed E-state index contributed by atoms with van der Waals surface area (Å²) >= 11 is 0. The summed E-state index contributed by atoms with van der Waals surface area (Å²) in [6.07, 6.45) is 8.45. The van der Waals surface area contributed by atoms with Crippen LogP contribution < -0.4 is 11.1 Å². The summed E-state index contributed by atoms with van der Waals surface area (Å²) in [5, 5.41) is 3.16. The van der Waals surface area contributed by atoms with Gasteiger partial charge >= 0.3 is 6.03 Å². The van der Waals surface area contributed by atoms with Crippen LogP contribution in [0, 0.1) is 11.8 Å². The number of rotatable bonds is 3. The summed E-state index contributed by atoms with van der Waals surface area (Å²) in [4.78, 5) is 29.4. The van der Waals surface area contributed by atoms with E-state index in [0.29, 0.717) is 25.0 Å². The molecule has 0 radical (unpaired) electrons. The molecule has 1 aliphatic carbocycles. The van der Waals surface area contributed by atoms with Crippen LogP contribution in [-0.2, 0) is 4.79 Å². The fourth-order valence-electron chi connectivity index (χ4n) is 4.70. The highest BCUT2D eigenvalue weighted by Crippen LogP contribution is 2.27. The number of nitrogens with two attached hydrogens (primary N) is 1. The van der Waals surface area contributed by atoms with Crippen LogP contribution in [0.15, 0.2) is 0 Å². The number of likely N-dealkylation sites (tertiary alicyclic amines) is 2. The Labute approximate surface area is 151 Å². The Hall–Kier alpha value is -1.30. The van der Waals surface area contributed by atoms with Gasteiger partial charge < -0.3 is 20.9 Å². The van der Waals surface area contributed by atoms with Gasteiger partial charge in [0.2, 0.25) is 5.91 Å². The zero-order valence-electron chi connectivity index (χ0n) is 15.6. The van der Waals surface area contributed by atoms with Gasteiger partial charge in [-0.25, -0.2) is 4.79 Å². The molecule has 3 unspecified atom stereocenters. The molecule has 3 N–H and O–H groups in total. The predicted molar refractivity (Wildman–Crippen MR) is 98.0 cm³/mol. The highest BCUT2D eigenvalue weighted by Gasteiger charge is 2.36. The highest BCUT2D eigenvalue weighted by molar-refractivity contribution is 5.81. The van der Waals surface area contributed by atoms with Gasteiger partial charge in [-0.3, -0.25) is 4.79 Å². The highest BCUT2D eigenvalue weighted by atomic mass is 16.2. The predicted octanol–water partition coefficient (Wildman–Crippen LogP) is 1.94. The van der Waals surface area contributed by atoms with Crippen LogP contribution in [0.3, 0.4) is 0 Å². The molecule has 25 heavy (non-hydrogen) atoms. The van der Waals surface area contributed by atoms with Gasteiger partial charge in [0.25, 0.3) is 0 Å². The maximum Gasteiger partial charge on any atom is 0.317 e. The lowest BCUT2D eigenvalue weighted by Gasteiger charge is -2.41. The van der Waals surface area contributed by atoms with Gasteiger partial charge in [-0.05, 0) is 44.4 Å².